The lowest BCUT2D eigenvalue weighted by atomic mass is 10.2. The third-order valence-corrected chi connectivity index (χ3v) is 4.25. The number of furan rings is 1. The molecule has 0 saturated carbocycles. The van der Waals surface area contributed by atoms with E-state index in [1.165, 1.54) is 5.69 Å². The molecule has 3 aromatic heterocycles. The fourth-order valence-electron chi connectivity index (χ4n) is 2.99. The molecule has 1 aliphatic rings. The van der Waals surface area contributed by atoms with Crippen molar-refractivity contribution in [1.82, 2.24) is 24.6 Å². The first kappa shape index (κ1) is 14.9. The van der Waals surface area contributed by atoms with Gasteiger partial charge < -0.3 is 9.15 Å². The first-order chi connectivity index (χ1) is 11.9. The number of fused-ring (bicyclic) bond motifs is 1. The molecule has 0 aromatic carbocycles. The first-order valence-electron chi connectivity index (χ1n) is 8.05. The summed E-state index contributed by atoms with van der Waals surface area (Å²) in [5, 5.41) is 4.40. The van der Waals surface area contributed by atoms with Gasteiger partial charge in [0.05, 0.1) is 18.5 Å². The van der Waals surface area contributed by atoms with Crippen molar-refractivity contribution in [2.24, 2.45) is 0 Å². The zero-order valence-corrected chi connectivity index (χ0v) is 13.3. The molecule has 7 nitrogen and oxygen atoms in total. The van der Waals surface area contributed by atoms with Crippen LogP contribution >= 0.6 is 0 Å². The highest BCUT2D eigenvalue weighted by atomic mass is 16.5. The zero-order chi connectivity index (χ0) is 16.2. The van der Waals surface area contributed by atoms with Gasteiger partial charge in [-0.3, -0.25) is 9.58 Å². The number of hydrogen-bond acceptors (Lipinski definition) is 6. The summed E-state index contributed by atoms with van der Waals surface area (Å²) in [5.74, 6) is 0.948. The van der Waals surface area contributed by atoms with Crippen molar-refractivity contribution in [2.45, 2.75) is 32.1 Å². The molecular weight excluding hydrogens is 306 g/mol. The molecule has 3 aromatic rings. The Labute approximate surface area is 139 Å². The lowest BCUT2D eigenvalue weighted by Crippen LogP contribution is -2.38. The lowest BCUT2D eigenvalue weighted by molar-refractivity contribution is 0.106. The third-order valence-electron chi connectivity index (χ3n) is 4.25. The summed E-state index contributed by atoms with van der Waals surface area (Å²) in [6.45, 7) is 2.96. The van der Waals surface area contributed by atoms with Crippen LogP contribution in [0.2, 0.25) is 0 Å². The van der Waals surface area contributed by atoms with Crippen LogP contribution in [0.3, 0.4) is 0 Å². The second-order valence-electron chi connectivity index (χ2n) is 5.81. The minimum atomic E-state index is 0.237. The number of rotatable bonds is 5. The van der Waals surface area contributed by atoms with E-state index in [-0.39, 0.29) is 6.04 Å². The van der Waals surface area contributed by atoms with E-state index < -0.39 is 0 Å². The topological polar surface area (TPSA) is 69.2 Å². The van der Waals surface area contributed by atoms with Crippen LogP contribution in [0.4, 0.5) is 0 Å². The van der Waals surface area contributed by atoms with Crippen molar-refractivity contribution in [1.29, 1.82) is 0 Å². The maximum Gasteiger partial charge on any atom is 0.316 e. The smallest absolute Gasteiger partial charge is 0.316 e. The third kappa shape index (κ3) is 3.30. The van der Waals surface area contributed by atoms with Crippen molar-refractivity contribution < 1.29 is 9.15 Å². The quantitative estimate of drug-likeness (QED) is 0.716. The number of aromatic nitrogens is 4. The minimum Gasteiger partial charge on any atom is -0.468 e. The predicted molar refractivity (Wildman–Crippen MR) is 86.1 cm³/mol. The van der Waals surface area contributed by atoms with Gasteiger partial charge in [-0.15, -0.1) is 0 Å². The molecule has 4 heterocycles. The van der Waals surface area contributed by atoms with Gasteiger partial charge in [0.2, 0.25) is 0 Å². The number of nitrogens with zero attached hydrogens (tertiary/aromatic N) is 5. The summed E-state index contributed by atoms with van der Waals surface area (Å²) in [5.41, 5.74) is 1.21. The van der Waals surface area contributed by atoms with Crippen LogP contribution in [0.1, 0.15) is 17.9 Å². The molecule has 0 radical (unpaired) electrons. The average Bonchev–Trinajstić information content (AvgIpc) is 3.25. The van der Waals surface area contributed by atoms with E-state index in [0.717, 1.165) is 31.8 Å². The Morgan fingerprint density at radius 3 is 2.92 bits per heavy atom. The van der Waals surface area contributed by atoms with Gasteiger partial charge >= 0.3 is 6.01 Å². The summed E-state index contributed by atoms with van der Waals surface area (Å²) >= 11 is 0. The van der Waals surface area contributed by atoms with Gasteiger partial charge in [-0.1, -0.05) is 0 Å². The summed E-state index contributed by atoms with van der Waals surface area (Å²) in [6, 6.07) is 8.42. The molecular formula is C17H19N5O2. The molecule has 0 N–H and O–H groups in total. The molecule has 0 unspecified atom stereocenters. The standard InChI is InChI=1S/C17H19N5O2/c1-3-16(23-10-1)12-21-11-14-4-8-20-22(14)9-5-15(21)13-24-17-18-6-2-7-19-17/h1-4,6-8,10,15H,5,9,11-13H2/t15-/m0/s1. The molecule has 0 amide bonds. The monoisotopic (exact) mass is 325 g/mol. The maximum atomic E-state index is 5.80. The molecule has 0 bridgehead atoms. The Bertz CT molecular complexity index is 756. The Hall–Kier alpha value is -2.67. The van der Waals surface area contributed by atoms with Gasteiger partial charge in [-0.2, -0.15) is 5.10 Å². The second-order valence-corrected chi connectivity index (χ2v) is 5.81. The van der Waals surface area contributed by atoms with Crippen LogP contribution in [-0.2, 0) is 19.6 Å². The molecule has 0 aliphatic carbocycles. The van der Waals surface area contributed by atoms with Crippen molar-refractivity contribution in [3.05, 3.63) is 60.6 Å². The van der Waals surface area contributed by atoms with Crippen molar-refractivity contribution in [3.63, 3.8) is 0 Å². The van der Waals surface area contributed by atoms with Crippen molar-refractivity contribution >= 4 is 0 Å². The summed E-state index contributed by atoms with van der Waals surface area (Å²) in [4.78, 5) is 10.6. The van der Waals surface area contributed by atoms with E-state index in [0.29, 0.717) is 12.6 Å². The minimum absolute atomic E-state index is 0.237. The van der Waals surface area contributed by atoms with E-state index in [2.05, 4.69) is 30.7 Å². The summed E-state index contributed by atoms with van der Waals surface area (Å²) in [6.07, 6.45) is 7.88. The molecule has 0 saturated heterocycles. The van der Waals surface area contributed by atoms with Crippen LogP contribution in [0, 0.1) is 0 Å². The fraction of sp³-hybridized carbons (Fsp3) is 0.353. The van der Waals surface area contributed by atoms with E-state index in [4.69, 9.17) is 9.15 Å². The van der Waals surface area contributed by atoms with Crippen LogP contribution < -0.4 is 4.74 Å². The normalized spacial score (nSPS) is 18.1. The zero-order valence-electron chi connectivity index (χ0n) is 13.3. The lowest BCUT2D eigenvalue weighted by Gasteiger charge is -2.28. The highest BCUT2D eigenvalue weighted by molar-refractivity contribution is 5.05. The molecule has 4 rings (SSSR count). The van der Waals surface area contributed by atoms with Gasteiger partial charge in [0.25, 0.3) is 0 Å². The number of aryl methyl sites for hydroxylation is 1. The average molecular weight is 325 g/mol. The molecule has 1 atom stereocenters. The summed E-state index contributed by atoms with van der Waals surface area (Å²) < 4.78 is 13.4. The first-order valence-corrected chi connectivity index (χ1v) is 8.05. The number of ether oxygens (including phenoxy) is 1. The Morgan fingerprint density at radius 1 is 1.17 bits per heavy atom. The summed E-state index contributed by atoms with van der Waals surface area (Å²) in [7, 11) is 0. The SMILES string of the molecule is c1cnc(OC[C@@H]2CCn3nccc3CN2Cc2ccco2)nc1. The van der Waals surface area contributed by atoms with Crippen molar-refractivity contribution in [3.8, 4) is 6.01 Å². The van der Waals surface area contributed by atoms with Gasteiger partial charge in [0.15, 0.2) is 0 Å². The largest absolute Gasteiger partial charge is 0.468 e. The fourth-order valence-corrected chi connectivity index (χ4v) is 2.99. The van der Waals surface area contributed by atoms with Gasteiger partial charge in [0, 0.05) is 37.7 Å². The molecule has 0 fully saturated rings. The molecule has 0 spiro atoms. The van der Waals surface area contributed by atoms with Gasteiger partial charge in [-0.05, 0) is 30.7 Å². The highest BCUT2D eigenvalue weighted by Crippen LogP contribution is 2.20. The molecule has 7 heteroatoms. The Morgan fingerprint density at radius 2 is 2.08 bits per heavy atom. The van der Waals surface area contributed by atoms with Crippen molar-refractivity contribution in [2.75, 3.05) is 6.61 Å². The van der Waals surface area contributed by atoms with Crippen LogP contribution in [0.25, 0.3) is 0 Å². The molecule has 124 valence electrons. The maximum absolute atomic E-state index is 5.80. The van der Waals surface area contributed by atoms with E-state index >= 15 is 0 Å². The van der Waals surface area contributed by atoms with E-state index in [1.807, 2.05) is 18.3 Å². The molecule has 24 heavy (non-hydrogen) atoms. The van der Waals surface area contributed by atoms with Gasteiger partial charge in [0.1, 0.15) is 12.4 Å². The highest BCUT2D eigenvalue weighted by Gasteiger charge is 2.25. The van der Waals surface area contributed by atoms with Crippen LogP contribution in [0.5, 0.6) is 6.01 Å². The van der Waals surface area contributed by atoms with Crippen LogP contribution in [0.15, 0.2) is 53.5 Å². The van der Waals surface area contributed by atoms with Crippen LogP contribution in [-0.4, -0.2) is 37.3 Å². The second kappa shape index (κ2) is 6.84. The van der Waals surface area contributed by atoms with E-state index in [9.17, 15) is 0 Å². The van der Waals surface area contributed by atoms with Gasteiger partial charge in [-0.25, -0.2) is 9.97 Å². The van der Waals surface area contributed by atoms with E-state index in [1.54, 1.807) is 24.7 Å². The Kier molecular flexibility index (Phi) is 4.24. The molecule has 1 aliphatic heterocycles. The number of hydrogen-bond donors (Lipinski definition) is 0. The Balaban J connectivity index is 1.50. The predicted octanol–water partition coefficient (Wildman–Crippen LogP) is 2.12.